The number of ether oxygens (including phenoxy) is 1. The van der Waals surface area contributed by atoms with Crippen molar-refractivity contribution in [3.05, 3.63) is 0 Å². The summed E-state index contributed by atoms with van der Waals surface area (Å²) >= 11 is 0. The summed E-state index contributed by atoms with van der Waals surface area (Å²) in [6.45, 7) is 8.88. The first-order chi connectivity index (χ1) is 7.95. The smallest absolute Gasteiger partial charge is 0.306 e. The number of hydrogen-bond acceptors (Lipinski definition) is 2. The fourth-order valence-corrected chi connectivity index (χ4v) is 2.78. The third-order valence-corrected chi connectivity index (χ3v) is 3.83. The van der Waals surface area contributed by atoms with Gasteiger partial charge in [-0.05, 0) is 31.1 Å². The molecule has 2 nitrogen and oxygen atoms in total. The van der Waals surface area contributed by atoms with E-state index in [1.165, 1.54) is 19.3 Å². The molecule has 0 aromatic rings. The molecule has 0 aromatic heterocycles. The Balaban J connectivity index is 2.51. The quantitative estimate of drug-likeness (QED) is 0.684. The minimum atomic E-state index is 0.00741. The molecule has 2 atom stereocenters. The Bertz CT molecular complexity index is 240. The van der Waals surface area contributed by atoms with Crippen LogP contribution in [0.25, 0.3) is 0 Å². The zero-order valence-corrected chi connectivity index (χ0v) is 11.9. The Hall–Kier alpha value is -0.530. The minimum absolute atomic E-state index is 0.00741. The van der Waals surface area contributed by atoms with Gasteiger partial charge in [-0.1, -0.05) is 40.5 Å². The Morgan fingerprint density at radius 1 is 1.24 bits per heavy atom. The first-order valence-electron chi connectivity index (χ1n) is 7.14. The van der Waals surface area contributed by atoms with Gasteiger partial charge in [0.2, 0.25) is 0 Å². The summed E-state index contributed by atoms with van der Waals surface area (Å²) in [4.78, 5) is 11.7. The molecule has 0 aliphatic heterocycles. The van der Waals surface area contributed by atoms with E-state index in [2.05, 4.69) is 27.7 Å². The van der Waals surface area contributed by atoms with Gasteiger partial charge < -0.3 is 4.74 Å². The third kappa shape index (κ3) is 4.69. The molecule has 0 bridgehead atoms. The van der Waals surface area contributed by atoms with Gasteiger partial charge >= 0.3 is 5.97 Å². The molecule has 1 aliphatic rings. The Labute approximate surface area is 106 Å². The van der Waals surface area contributed by atoms with Gasteiger partial charge in [0.05, 0.1) is 0 Å². The molecule has 1 rings (SSSR count). The van der Waals surface area contributed by atoms with Crippen molar-refractivity contribution < 1.29 is 9.53 Å². The molecule has 0 heterocycles. The zero-order chi connectivity index (χ0) is 12.9. The van der Waals surface area contributed by atoms with E-state index < -0.39 is 0 Å². The average Bonchev–Trinajstić information content (AvgIpc) is 2.25. The van der Waals surface area contributed by atoms with Crippen molar-refractivity contribution in [1.29, 1.82) is 0 Å². The van der Waals surface area contributed by atoms with Gasteiger partial charge in [-0.3, -0.25) is 4.79 Å². The number of carbonyl (C=O) groups is 1. The molecule has 1 fully saturated rings. The standard InChI is InChI=1S/C15H28O2/c1-5-6-11-14(16)17-13-10-8-7-9-12(13)15(2,3)4/h12-13H,5-11H2,1-4H3. The molecule has 1 saturated carbocycles. The van der Waals surface area contributed by atoms with E-state index in [0.717, 1.165) is 19.3 Å². The Morgan fingerprint density at radius 3 is 2.47 bits per heavy atom. The number of esters is 1. The van der Waals surface area contributed by atoms with E-state index >= 15 is 0 Å². The first-order valence-corrected chi connectivity index (χ1v) is 7.14. The van der Waals surface area contributed by atoms with Crippen molar-refractivity contribution >= 4 is 5.97 Å². The lowest BCUT2D eigenvalue weighted by atomic mass is 9.70. The summed E-state index contributed by atoms with van der Waals surface area (Å²) in [5, 5.41) is 0. The van der Waals surface area contributed by atoms with E-state index in [-0.39, 0.29) is 17.5 Å². The molecule has 0 amide bonds. The minimum Gasteiger partial charge on any atom is -0.462 e. The number of hydrogen-bond donors (Lipinski definition) is 0. The number of rotatable bonds is 4. The largest absolute Gasteiger partial charge is 0.462 e. The number of unbranched alkanes of at least 4 members (excludes halogenated alkanes) is 1. The summed E-state index contributed by atoms with van der Waals surface area (Å²) in [6.07, 6.45) is 7.50. The Kier molecular flexibility index (Phi) is 5.48. The molecule has 2 unspecified atom stereocenters. The van der Waals surface area contributed by atoms with Crippen LogP contribution in [0.1, 0.15) is 72.6 Å². The predicted molar refractivity (Wildman–Crippen MR) is 70.8 cm³/mol. The maximum atomic E-state index is 11.7. The van der Waals surface area contributed by atoms with E-state index in [1.54, 1.807) is 0 Å². The summed E-state index contributed by atoms with van der Waals surface area (Å²) < 4.78 is 5.69. The zero-order valence-electron chi connectivity index (χ0n) is 11.9. The summed E-state index contributed by atoms with van der Waals surface area (Å²) in [5.41, 5.74) is 0.246. The van der Waals surface area contributed by atoms with Gasteiger partial charge in [0.1, 0.15) is 6.10 Å². The molecule has 2 heteroatoms. The third-order valence-electron chi connectivity index (χ3n) is 3.83. The van der Waals surface area contributed by atoms with Crippen LogP contribution in [-0.4, -0.2) is 12.1 Å². The van der Waals surface area contributed by atoms with E-state index in [9.17, 15) is 4.79 Å². The van der Waals surface area contributed by atoms with Crippen molar-refractivity contribution in [2.45, 2.75) is 78.7 Å². The molecule has 0 radical (unpaired) electrons. The van der Waals surface area contributed by atoms with Crippen molar-refractivity contribution in [2.75, 3.05) is 0 Å². The first kappa shape index (κ1) is 14.5. The maximum Gasteiger partial charge on any atom is 0.306 e. The second kappa shape index (κ2) is 6.42. The molecular weight excluding hydrogens is 212 g/mol. The monoisotopic (exact) mass is 240 g/mol. The Morgan fingerprint density at radius 2 is 1.88 bits per heavy atom. The molecule has 0 aromatic carbocycles. The fraction of sp³-hybridized carbons (Fsp3) is 0.933. The predicted octanol–water partition coefficient (Wildman–Crippen LogP) is 4.32. The van der Waals surface area contributed by atoms with Crippen LogP contribution in [0.4, 0.5) is 0 Å². The van der Waals surface area contributed by atoms with Crippen LogP contribution >= 0.6 is 0 Å². The molecule has 100 valence electrons. The summed E-state index contributed by atoms with van der Waals surface area (Å²) in [7, 11) is 0. The van der Waals surface area contributed by atoms with E-state index in [4.69, 9.17) is 4.74 Å². The van der Waals surface area contributed by atoms with Gasteiger partial charge in [0.15, 0.2) is 0 Å². The molecule has 1 aliphatic carbocycles. The van der Waals surface area contributed by atoms with Crippen LogP contribution in [0.5, 0.6) is 0 Å². The fourth-order valence-electron chi connectivity index (χ4n) is 2.78. The van der Waals surface area contributed by atoms with E-state index in [0.29, 0.717) is 12.3 Å². The SMILES string of the molecule is CCCCC(=O)OC1CCCCC1C(C)(C)C. The molecular formula is C15H28O2. The van der Waals surface area contributed by atoms with Crippen molar-refractivity contribution in [3.8, 4) is 0 Å². The van der Waals surface area contributed by atoms with Gasteiger partial charge in [0, 0.05) is 12.3 Å². The topological polar surface area (TPSA) is 26.3 Å². The second-order valence-electron chi connectivity index (χ2n) is 6.39. The molecule has 0 N–H and O–H groups in total. The van der Waals surface area contributed by atoms with Gasteiger partial charge in [0.25, 0.3) is 0 Å². The van der Waals surface area contributed by atoms with Crippen LogP contribution < -0.4 is 0 Å². The van der Waals surface area contributed by atoms with E-state index in [1.807, 2.05) is 0 Å². The highest BCUT2D eigenvalue weighted by Gasteiger charge is 2.36. The average molecular weight is 240 g/mol. The number of carbonyl (C=O) groups excluding carboxylic acids is 1. The van der Waals surface area contributed by atoms with Gasteiger partial charge in [-0.25, -0.2) is 0 Å². The summed E-state index contributed by atoms with van der Waals surface area (Å²) in [6, 6.07) is 0. The van der Waals surface area contributed by atoms with Crippen LogP contribution in [-0.2, 0) is 9.53 Å². The lowest BCUT2D eigenvalue weighted by Crippen LogP contribution is -2.38. The second-order valence-corrected chi connectivity index (χ2v) is 6.39. The van der Waals surface area contributed by atoms with Crippen LogP contribution in [0, 0.1) is 11.3 Å². The van der Waals surface area contributed by atoms with Crippen molar-refractivity contribution in [3.63, 3.8) is 0 Å². The highest BCUT2D eigenvalue weighted by atomic mass is 16.5. The van der Waals surface area contributed by atoms with Crippen LogP contribution in [0.2, 0.25) is 0 Å². The van der Waals surface area contributed by atoms with Crippen molar-refractivity contribution in [1.82, 2.24) is 0 Å². The van der Waals surface area contributed by atoms with Crippen LogP contribution in [0.3, 0.4) is 0 Å². The highest BCUT2D eigenvalue weighted by molar-refractivity contribution is 5.69. The molecule has 0 spiro atoms. The van der Waals surface area contributed by atoms with Crippen molar-refractivity contribution in [2.24, 2.45) is 11.3 Å². The molecule has 0 saturated heterocycles. The highest BCUT2D eigenvalue weighted by Crippen LogP contribution is 2.39. The van der Waals surface area contributed by atoms with Gasteiger partial charge in [-0.15, -0.1) is 0 Å². The van der Waals surface area contributed by atoms with Crippen LogP contribution in [0.15, 0.2) is 0 Å². The lowest BCUT2D eigenvalue weighted by molar-refractivity contribution is -0.156. The maximum absolute atomic E-state index is 11.7. The normalized spacial score (nSPS) is 25.6. The lowest BCUT2D eigenvalue weighted by Gasteiger charge is -2.39. The van der Waals surface area contributed by atoms with Gasteiger partial charge in [-0.2, -0.15) is 0 Å². The summed E-state index contributed by atoms with van der Waals surface area (Å²) in [5.74, 6) is 0.537. The molecule has 17 heavy (non-hydrogen) atoms.